The average Bonchev–Trinajstić information content (AvgIpc) is 2.66. The van der Waals surface area contributed by atoms with Crippen LogP contribution in [0, 0.1) is 11.8 Å². The largest absolute Gasteiger partial charge is 0.443 e. The number of hydrogen-bond acceptors (Lipinski definition) is 7. The summed E-state index contributed by atoms with van der Waals surface area (Å²) in [7, 11) is -4.18. The molecule has 1 heterocycles. The third-order valence-corrected chi connectivity index (χ3v) is 4.54. The van der Waals surface area contributed by atoms with Gasteiger partial charge < -0.3 is 4.74 Å². The van der Waals surface area contributed by atoms with Crippen molar-refractivity contribution in [2.24, 2.45) is 0 Å². The van der Waals surface area contributed by atoms with Gasteiger partial charge in [0, 0.05) is 16.9 Å². The second kappa shape index (κ2) is 7.68. The van der Waals surface area contributed by atoms with Crippen LogP contribution in [0.1, 0.15) is 33.2 Å². The third kappa shape index (κ3) is 4.52. The first-order valence-electron chi connectivity index (χ1n) is 8.43. The molecule has 1 atom stereocenters. The molecule has 8 nitrogen and oxygen atoms in total. The Hall–Kier alpha value is -3.43. The van der Waals surface area contributed by atoms with Crippen molar-refractivity contribution in [1.82, 2.24) is 5.06 Å². The van der Waals surface area contributed by atoms with E-state index in [0.29, 0.717) is 13.2 Å². The molecule has 0 aromatic heterocycles. The van der Waals surface area contributed by atoms with Gasteiger partial charge in [0.15, 0.2) is 6.10 Å². The molecule has 0 fully saturated rings. The average molecular weight is 455 g/mol. The molecule has 3 rings (SSSR count). The lowest BCUT2D eigenvalue weighted by Crippen LogP contribution is -2.41. The summed E-state index contributed by atoms with van der Waals surface area (Å²) in [4.78, 5) is 36.8. The number of alkyl halides is 3. The van der Waals surface area contributed by atoms with E-state index in [-0.39, 0.29) is 32.5 Å². The zero-order valence-electron chi connectivity index (χ0n) is 15.8. The van der Waals surface area contributed by atoms with E-state index in [1.165, 1.54) is 30.3 Å². The lowest BCUT2D eigenvalue weighted by Gasteiger charge is -2.25. The van der Waals surface area contributed by atoms with Gasteiger partial charge >= 0.3 is 12.1 Å². The molecule has 31 heavy (non-hydrogen) atoms. The number of imide groups is 1. The number of carbonyl (C=O) groups excluding carboxylic acids is 3. The fourth-order valence-electron chi connectivity index (χ4n) is 2.76. The first-order chi connectivity index (χ1) is 14.3. The summed E-state index contributed by atoms with van der Waals surface area (Å²) < 4.78 is 68.9. The molecule has 0 spiro atoms. The molecule has 0 saturated carbocycles. The first kappa shape index (κ1) is 22.3. The second-order valence-electron chi connectivity index (χ2n) is 6.41. The molecule has 2 aromatic rings. The summed E-state index contributed by atoms with van der Waals surface area (Å²) >= 11 is 0. The number of halogens is 3. The molecule has 0 bridgehead atoms. The number of benzene rings is 2. The van der Waals surface area contributed by atoms with Gasteiger partial charge in [-0.2, -0.15) is 21.6 Å². The predicted molar refractivity (Wildman–Crippen MR) is 98.9 cm³/mol. The van der Waals surface area contributed by atoms with Crippen LogP contribution in [0.15, 0.2) is 30.3 Å². The van der Waals surface area contributed by atoms with E-state index >= 15 is 0 Å². The van der Waals surface area contributed by atoms with Crippen LogP contribution in [-0.2, 0) is 23.9 Å². The van der Waals surface area contributed by atoms with Crippen LogP contribution in [0.4, 0.5) is 13.2 Å². The highest BCUT2D eigenvalue weighted by Crippen LogP contribution is 2.32. The van der Waals surface area contributed by atoms with Gasteiger partial charge in [-0.05, 0) is 30.5 Å². The smallest absolute Gasteiger partial charge is 0.425 e. The first-order valence-corrected chi connectivity index (χ1v) is 10.2. The molecule has 162 valence electrons. The quantitative estimate of drug-likeness (QED) is 0.397. The molecule has 0 saturated heterocycles. The molecule has 12 heteroatoms. The number of amides is 2. The van der Waals surface area contributed by atoms with E-state index < -0.39 is 40.2 Å². The Balaban J connectivity index is 2.03. The van der Waals surface area contributed by atoms with Crippen molar-refractivity contribution in [2.75, 3.05) is 6.26 Å². The maximum Gasteiger partial charge on any atom is 0.425 e. The molecule has 0 radical (unpaired) electrons. The standard InChI is InChI=1S/C19H12F3NO7S/c1-10(19(20,21)22)29-15(24)9-7-11-6-8-14-16-12(11)4-3-5-13(16)17(25)23(18(14)26)30-31(2,27)28/h3-6,8,10H,1-2H3. The second-order valence-corrected chi connectivity index (χ2v) is 7.97. The van der Waals surface area contributed by atoms with Crippen LogP contribution in [0.5, 0.6) is 0 Å². The minimum Gasteiger partial charge on any atom is -0.443 e. The van der Waals surface area contributed by atoms with E-state index in [4.69, 9.17) is 0 Å². The summed E-state index contributed by atoms with van der Waals surface area (Å²) in [6.07, 6.45) is -6.42. The molecule has 0 N–H and O–H groups in total. The highest BCUT2D eigenvalue weighted by Gasteiger charge is 2.39. The van der Waals surface area contributed by atoms with Crippen LogP contribution >= 0.6 is 0 Å². The number of hydroxylamine groups is 2. The molecular weight excluding hydrogens is 443 g/mol. The van der Waals surface area contributed by atoms with E-state index in [0.717, 1.165) is 0 Å². The van der Waals surface area contributed by atoms with Gasteiger partial charge in [0.2, 0.25) is 0 Å². The minimum atomic E-state index is -4.74. The fraction of sp³-hybridized carbons (Fsp3) is 0.211. The molecule has 2 amide bonds. The van der Waals surface area contributed by atoms with Crippen LogP contribution in [0.3, 0.4) is 0 Å². The number of esters is 1. The van der Waals surface area contributed by atoms with E-state index in [1.54, 1.807) is 0 Å². The topological polar surface area (TPSA) is 107 Å². The van der Waals surface area contributed by atoms with Gasteiger partial charge in [-0.1, -0.05) is 18.1 Å². The van der Waals surface area contributed by atoms with Crippen molar-refractivity contribution in [3.05, 3.63) is 47.0 Å². The fourth-order valence-corrected chi connectivity index (χ4v) is 3.17. The summed E-state index contributed by atoms with van der Waals surface area (Å²) in [6.45, 7) is 0.656. The third-order valence-electron chi connectivity index (χ3n) is 4.12. The van der Waals surface area contributed by atoms with Gasteiger partial charge in [-0.3, -0.25) is 9.59 Å². The van der Waals surface area contributed by atoms with E-state index in [9.17, 15) is 36.0 Å². The number of hydrogen-bond donors (Lipinski definition) is 0. The zero-order chi connectivity index (χ0) is 23.1. The normalized spacial score (nSPS) is 14.8. The summed E-state index contributed by atoms with van der Waals surface area (Å²) in [5.74, 6) is 0.834. The highest BCUT2D eigenvalue weighted by molar-refractivity contribution is 7.85. The molecule has 1 aliphatic rings. The summed E-state index contributed by atoms with van der Waals surface area (Å²) in [5.41, 5.74) is 0.00985. The Kier molecular flexibility index (Phi) is 5.51. The zero-order valence-corrected chi connectivity index (χ0v) is 16.6. The Morgan fingerprint density at radius 2 is 1.71 bits per heavy atom. The Labute approximate surface area is 173 Å². The summed E-state index contributed by atoms with van der Waals surface area (Å²) in [6, 6.07) is 6.75. The van der Waals surface area contributed by atoms with Crippen molar-refractivity contribution in [2.45, 2.75) is 19.2 Å². The monoisotopic (exact) mass is 455 g/mol. The van der Waals surface area contributed by atoms with Crippen LogP contribution < -0.4 is 0 Å². The SMILES string of the molecule is CC(OC(=O)C#Cc1ccc2c3c(cccc13)C(=O)N(OS(C)(=O)=O)C2=O)C(F)(F)F. The maximum absolute atomic E-state index is 12.6. The Bertz CT molecular complexity index is 1270. The van der Waals surface area contributed by atoms with Crippen molar-refractivity contribution >= 4 is 38.7 Å². The number of ether oxygens (including phenoxy) is 1. The number of rotatable bonds is 3. The lowest BCUT2D eigenvalue weighted by atomic mass is 9.92. The minimum absolute atomic E-state index is 0.0623. The Morgan fingerprint density at radius 3 is 2.29 bits per heavy atom. The molecule has 1 aliphatic heterocycles. The van der Waals surface area contributed by atoms with E-state index in [2.05, 4.69) is 14.9 Å². The Morgan fingerprint density at radius 1 is 1.10 bits per heavy atom. The molecule has 0 aliphatic carbocycles. The van der Waals surface area contributed by atoms with Gasteiger partial charge in [0.25, 0.3) is 21.9 Å². The molecule has 1 unspecified atom stereocenters. The van der Waals surface area contributed by atoms with Crippen molar-refractivity contribution < 1.29 is 45.0 Å². The lowest BCUT2D eigenvalue weighted by molar-refractivity contribution is -0.212. The van der Waals surface area contributed by atoms with Crippen molar-refractivity contribution in [3.8, 4) is 11.8 Å². The van der Waals surface area contributed by atoms with Gasteiger partial charge in [-0.25, -0.2) is 4.79 Å². The van der Waals surface area contributed by atoms with Crippen molar-refractivity contribution in [3.63, 3.8) is 0 Å². The molecule has 2 aromatic carbocycles. The molecular formula is C19H12F3NO7S. The number of nitrogens with zero attached hydrogens (tertiary/aromatic N) is 1. The van der Waals surface area contributed by atoms with Gasteiger partial charge in [-0.15, -0.1) is 9.35 Å². The predicted octanol–water partition coefficient (Wildman–Crippen LogP) is 2.17. The van der Waals surface area contributed by atoms with E-state index in [1.807, 2.05) is 5.92 Å². The van der Waals surface area contributed by atoms with Crippen molar-refractivity contribution in [1.29, 1.82) is 0 Å². The van der Waals surface area contributed by atoms with Gasteiger partial charge in [0.05, 0.1) is 17.4 Å². The van der Waals surface area contributed by atoms with Crippen LogP contribution in [0.2, 0.25) is 0 Å². The van der Waals surface area contributed by atoms with Crippen LogP contribution in [0.25, 0.3) is 10.8 Å². The van der Waals surface area contributed by atoms with Crippen LogP contribution in [-0.4, -0.2) is 49.8 Å². The summed E-state index contributed by atoms with van der Waals surface area (Å²) in [5, 5.41) is 0.503. The van der Waals surface area contributed by atoms with Gasteiger partial charge in [0.1, 0.15) is 0 Å². The number of carbonyl (C=O) groups is 3. The maximum atomic E-state index is 12.6. The highest BCUT2D eigenvalue weighted by atomic mass is 32.2.